The van der Waals surface area contributed by atoms with Crippen molar-refractivity contribution in [3.63, 3.8) is 0 Å². The maximum atomic E-state index is 13.1. The second kappa shape index (κ2) is 7.09. The minimum atomic E-state index is -0.565. The van der Waals surface area contributed by atoms with E-state index in [0.717, 1.165) is 16.7 Å². The Morgan fingerprint density at radius 2 is 1.64 bits per heavy atom. The molecule has 130 valence electrons. The predicted molar refractivity (Wildman–Crippen MR) is 97.8 cm³/mol. The van der Waals surface area contributed by atoms with Crippen LogP contribution in [-0.4, -0.2) is 34.2 Å². The molecule has 0 aromatic heterocycles. The third-order valence-electron chi connectivity index (χ3n) is 4.67. The molecule has 0 aliphatic carbocycles. The molecule has 4 heteroatoms. The number of hydrogen-bond acceptors (Lipinski definition) is 2. The number of hydrogen-bond donors (Lipinski definition) is 0. The molecule has 1 atom stereocenters. The van der Waals surface area contributed by atoms with Crippen LogP contribution in [-0.2, 0) is 16.1 Å². The molecule has 1 saturated heterocycles. The van der Waals surface area contributed by atoms with Crippen LogP contribution in [0.15, 0.2) is 54.6 Å². The topological polar surface area (TPSA) is 40.6 Å². The molecule has 2 aromatic rings. The molecule has 2 amide bonds. The van der Waals surface area contributed by atoms with E-state index >= 15 is 0 Å². The Labute approximate surface area is 149 Å². The smallest absolute Gasteiger partial charge is 0.250 e. The van der Waals surface area contributed by atoms with Crippen LogP contribution in [0.4, 0.5) is 0 Å². The van der Waals surface area contributed by atoms with Crippen molar-refractivity contribution in [2.45, 2.75) is 39.4 Å². The molecule has 1 heterocycles. The molecule has 25 heavy (non-hydrogen) atoms. The summed E-state index contributed by atoms with van der Waals surface area (Å²) in [4.78, 5) is 29.4. The van der Waals surface area contributed by atoms with Gasteiger partial charge in [-0.2, -0.15) is 0 Å². The Hall–Kier alpha value is -2.62. The minimum Gasteiger partial charge on any atom is -0.329 e. The molecule has 0 spiro atoms. The standard InChI is InChI=1S/C21H24N2O2/c1-15(2)22-14-19(24)23(13-17-7-5-4-6-8-17)20(21(22)25)18-11-9-16(3)10-12-18/h4-12,15,20H,13-14H2,1-3H3. The van der Waals surface area contributed by atoms with E-state index in [4.69, 9.17) is 0 Å². The van der Waals surface area contributed by atoms with Crippen molar-refractivity contribution in [2.75, 3.05) is 6.54 Å². The molecule has 1 aliphatic rings. The Balaban J connectivity index is 1.99. The van der Waals surface area contributed by atoms with Crippen LogP contribution >= 0.6 is 0 Å². The highest BCUT2D eigenvalue weighted by Gasteiger charge is 2.41. The van der Waals surface area contributed by atoms with E-state index in [1.54, 1.807) is 9.80 Å². The van der Waals surface area contributed by atoms with Gasteiger partial charge in [-0.3, -0.25) is 9.59 Å². The first kappa shape index (κ1) is 17.2. The lowest BCUT2D eigenvalue weighted by Crippen LogP contribution is -2.56. The third kappa shape index (κ3) is 3.58. The van der Waals surface area contributed by atoms with Crippen molar-refractivity contribution in [1.82, 2.24) is 9.80 Å². The number of amides is 2. The van der Waals surface area contributed by atoms with Gasteiger partial charge in [0.05, 0.1) is 0 Å². The zero-order valence-corrected chi connectivity index (χ0v) is 15.0. The SMILES string of the molecule is Cc1ccc(C2C(=O)N(C(C)C)CC(=O)N2Cc2ccccc2)cc1. The second-order valence-electron chi connectivity index (χ2n) is 6.88. The molecule has 4 nitrogen and oxygen atoms in total. The summed E-state index contributed by atoms with van der Waals surface area (Å²) in [6.07, 6.45) is 0. The minimum absolute atomic E-state index is 0.00303. The van der Waals surface area contributed by atoms with Gasteiger partial charge in [-0.1, -0.05) is 60.2 Å². The molecular formula is C21H24N2O2. The lowest BCUT2D eigenvalue weighted by atomic mass is 9.98. The van der Waals surface area contributed by atoms with Crippen LogP contribution < -0.4 is 0 Å². The summed E-state index contributed by atoms with van der Waals surface area (Å²) < 4.78 is 0. The summed E-state index contributed by atoms with van der Waals surface area (Å²) >= 11 is 0. The number of benzene rings is 2. The van der Waals surface area contributed by atoms with Gasteiger partial charge in [-0.15, -0.1) is 0 Å². The van der Waals surface area contributed by atoms with Crippen LogP contribution in [0.3, 0.4) is 0 Å². The van der Waals surface area contributed by atoms with Crippen LogP contribution in [0, 0.1) is 6.92 Å². The van der Waals surface area contributed by atoms with Gasteiger partial charge in [0.2, 0.25) is 5.91 Å². The normalized spacial score (nSPS) is 18.2. The van der Waals surface area contributed by atoms with Gasteiger partial charge in [-0.05, 0) is 31.9 Å². The van der Waals surface area contributed by atoms with Gasteiger partial charge in [0.25, 0.3) is 5.91 Å². The van der Waals surface area contributed by atoms with Crippen LogP contribution in [0.5, 0.6) is 0 Å². The number of carbonyl (C=O) groups is 2. The van der Waals surface area contributed by atoms with Crippen LogP contribution in [0.1, 0.15) is 36.6 Å². The third-order valence-corrected chi connectivity index (χ3v) is 4.67. The summed E-state index contributed by atoms with van der Waals surface area (Å²) in [6, 6.07) is 17.1. The molecule has 2 aromatic carbocycles. The van der Waals surface area contributed by atoms with Crippen molar-refractivity contribution < 1.29 is 9.59 Å². The highest BCUT2D eigenvalue weighted by atomic mass is 16.2. The first-order valence-corrected chi connectivity index (χ1v) is 8.68. The number of rotatable bonds is 4. The summed E-state index contributed by atoms with van der Waals surface area (Å²) in [6.45, 7) is 6.50. The molecular weight excluding hydrogens is 312 g/mol. The van der Waals surface area contributed by atoms with Crippen molar-refractivity contribution in [2.24, 2.45) is 0 Å². The molecule has 1 unspecified atom stereocenters. The largest absolute Gasteiger partial charge is 0.329 e. The van der Waals surface area contributed by atoms with E-state index in [1.807, 2.05) is 75.4 Å². The van der Waals surface area contributed by atoms with Crippen molar-refractivity contribution >= 4 is 11.8 Å². The van der Waals surface area contributed by atoms with E-state index in [-0.39, 0.29) is 24.4 Å². The molecule has 0 saturated carbocycles. The van der Waals surface area contributed by atoms with E-state index in [9.17, 15) is 9.59 Å². The molecule has 3 rings (SSSR count). The number of nitrogens with zero attached hydrogens (tertiary/aromatic N) is 2. The van der Waals surface area contributed by atoms with E-state index in [2.05, 4.69) is 0 Å². The first-order chi connectivity index (χ1) is 12.0. The highest BCUT2D eigenvalue weighted by Crippen LogP contribution is 2.30. The molecule has 0 bridgehead atoms. The molecule has 1 aliphatic heterocycles. The molecule has 1 fully saturated rings. The fraction of sp³-hybridized carbons (Fsp3) is 0.333. The Morgan fingerprint density at radius 3 is 2.24 bits per heavy atom. The van der Waals surface area contributed by atoms with Crippen LogP contribution in [0.25, 0.3) is 0 Å². The zero-order valence-electron chi connectivity index (χ0n) is 15.0. The van der Waals surface area contributed by atoms with E-state index < -0.39 is 6.04 Å². The van der Waals surface area contributed by atoms with Crippen LogP contribution in [0.2, 0.25) is 0 Å². The van der Waals surface area contributed by atoms with Gasteiger partial charge in [0.15, 0.2) is 0 Å². The summed E-state index contributed by atoms with van der Waals surface area (Å²) in [5.41, 5.74) is 3.03. The number of piperazine rings is 1. The number of carbonyl (C=O) groups excluding carboxylic acids is 2. The van der Waals surface area contributed by atoms with Crippen molar-refractivity contribution in [3.05, 3.63) is 71.3 Å². The van der Waals surface area contributed by atoms with Gasteiger partial charge in [0.1, 0.15) is 12.6 Å². The van der Waals surface area contributed by atoms with E-state index in [1.165, 1.54) is 0 Å². The maximum absolute atomic E-state index is 13.1. The second-order valence-corrected chi connectivity index (χ2v) is 6.88. The lowest BCUT2D eigenvalue weighted by molar-refractivity contribution is -0.158. The predicted octanol–water partition coefficient (Wildman–Crippen LogP) is 3.32. The van der Waals surface area contributed by atoms with Gasteiger partial charge in [-0.25, -0.2) is 0 Å². The zero-order chi connectivity index (χ0) is 18.0. The summed E-state index contributed by atoms with van der Waals surface area (Å²) in [7, 11) is 0. The quantitative estimate of drug-likeness (QED) is 0.859. The molecule has 0 radical (unpaired) electrons. The van der Waals surface area contributed by atoms with Gasteiger partial charge < -0.3 is 9.80 Å². The monoisotopic (exact) mass is 336 g/mol. The van der Waals surface area contributed by atoms with E-state index in [0.29, 0.717) is 6.54 Å². The Bertz CT molecular complexity index is 753. The Kier molecular flexibility index (Phi) is 4.88. The van der Waals surface area contributed by atoms with Gasteiger partial charge >= 0.3 is 0 Å². The fourth-order valence-electron chi connectivity index (χ4n) is 3.22. The van der Waals surface area contributed by atoms with Gasteiger partial charge in [0, 0.05) is 12.6 Å². The molecule has 0 N–H and O–H groups in total. The fourth-order valence-corrected chi connectivity index (χ4v) is 3.22. The average Bonchev–Trinajstić information content (AvgIpc) is 2.60. The summed E-state index contributed by atoms with van der Waals surface area (Å²) in [5, 5.41) is 0. The average molecular weight is 336 g/mol. The number of aryl methyl sites for hydroxylation is 1. The Morgan fingerprint density at radius 1 is 1.00 bits per heavy atom. The van der Waals surface area contributed by atoms with Crippen molar-refractivity contribution in [1.29, 1.82) is 0 Å². The van der Waals surface area contributed by atoms with Crippen molar-refractivity contribution in [3.8, 4) is 0 Å². The summed E-state index contributed by atoms with van der Waals surface area (Å²) in [5.74, 6) is -0.0166. The highest BCUT2D eigenvalue weighted by molar-refractivity contribution is 5.95. The first-order valence-electron chi connectivity index (χ1n) is 8.68. The lowest BCUT2D eigenvalue weighted by Gasteiger charge is -2.42. The maximum Gasteiger partial charge on any atom is 0.250 e.